The summed E-state index contributed by atoms with van der Waals surface area (Å²) in [5, 5.41) is 4.56. The summed E-state index contributed by atoms with van der Waals surface area (Å²) in [6, 6.07) is 9.52. The third-order valence-corrected chi connectivity index (χ3v) is 2.51. The van der Waals surface area contributed by atoms with Gasteiger partial charge in [-0.15, -0.1) is 0 Å². The van der Waals surface area contributed by atoms with Gasteiger partial charge in [0.25, 0.3) is 0 Å². The Bertz CT molecular complexity index is 453. The molecule has 0 aliphatic rings. The van der Waals surface area contributed by atoms with Gasteiger partial charge in [-0.05, 0) is 11.6 Å². The van der Waals surface area contributed by atoms with Crippen LogP contribution in [0.2, 0.25) is 5.02 Å². The van der Waals surface area contributed by atoms with Crippen LogP contribution >= 0.6 is 11.6 Å². The maximum Gasteiger partial charge on any atom is 0.141 e. The molecule has 0 aliphatic heterocycles. The highest BCUT2D eigenvalue weighted by Crippen LogP contribution is 2.19. The van der Waals surface area contributed by atoms with Crippen molar-refractivity contribution in [2.24, 2.45) is 5.73 Å². The smallest absolute Gasteiger partial charge is 0.141 e. The number of halogens is 1. The van der Waals surface area contributed by atoms with E-state index >= 15 is 0 Å². The topological polar surface area (TPSA) is 52.0 Å². The summed E-state index contributed by atoms with van der Waals surface area (Å²) in [5.41, 5.74) is 7.23. The molecule has 1 heterocycles. The van der Waals surface area contributed by atoms with E-state index in [1.54, 1.807) is 0 Å². The Balaban J connectivity index is 2.18. The van der Waals surface area contributed by atoms with E-state index in [9.17, 15) is 0 Å². The van der Waals surface area contributed by atoms with E-state index in [1.807, 2.05) is 30.3 Å². The van der Waals surface area contributed by atoms with E-state index in [0.717, 1.165) is 22.0 Å². The second-order valence-corrected chi connectivity index (χ2v) is 3.66. The van der Waals surface area contributed by atoms with Crippen LogP contribution in [0.4, 0.5) is 0 Å². The Morgan fingerprint density at radius 2 is 2.13 bits per heavy atom. The van der Waals surface area contributed by atoms with Gasteiger partial charge in [-0.2, -0.15) is 0 Å². The number of nitrogens with zero attached hydrogens (tertiary/aromatic N) is 1. The Morgan fingerprint density at radius 1 is 1.33 bits per heavy atom. The van der Waals surface area contributed by atoms with Gasteiger partial charge >= 0.3 is 0 Å². The lowest BCUT2D eigenvalue weighted by Crippen LogP contribution is -1.95. The summed E-state index contributed by atoms with van der Waals surface area (Å²) in [7, 11) is 0. The first kappa shape index (κ1) is 10.2. The molecule has 0 spiro atoms. The molecule has 0 aliphatic carbocycles. The molecule has 0 atom stereocenters. The molecule has 2 N–H and O–H groups in total. The van der Waals surface area contributed by atoms with Crippen LogP contribution in [0.5, 0.6) is 0 Å². The zero-order valence-electron chi connectivity index (χ0n) is 8.11. The fourth-order valence-corrected chi connectivity index (χ4v) is 1.57. The van der Waals surface area contributed by atoms with E-state index in [2.05, 4.69) is 5.16 Å². The van der Waals surface area contributed by atoms with Crippen LogP contribution in [0.3, 0.4) is 0 Å². The zero-order chi connectivity index (χ0) is 10.7. The summed E-state index contributed by atoms with van der Waals surface area (Å²) in [4.78, 5) is 0. The van der Waals surface area contributed by atoms with Crippen LogP contribution in [0, 0.1) is 0 Å². The highest BCUT2D eigenvalue weighted by Gasteiger charge is 2.06. The van der Waals surface area contributed by atoms with Crippen molar-refractivity contribution in [3.8, 4) is 0 Å². The number of benzene rings is 1. The highest BCUT2D eigenvalue weighted by atomic mass is 35.5. The van der Waals surface area contributed by atoms with Crippen molar-refractivity contribution < 1.29 is 4.52 Å². The average molecular weight is 223 g/mol. The van der Waals surface area contributed by atoms with Crippen LogP contribution in [-0.4, -0.2) is 5.16 Å². The lowest BCUT2D eigenvalue weighted by atomic mass is 10.1. The summed E-state index contributed by atoms with van der Waals surface area (Å²) in [5.74, 6) is 0.781. The number of hydrogen-bond acceptors (Lipinski definition) is 3. The predicted molar refractivity (Wildman–Crippen MR) is 58.7 cm³/mol. The third kappa shape index (κ3) is 2.37. The SMILES string of the molecule is NCc1cc(Cc2ccccc2Cl)on1. The molecule has 1 aromatic heterocycles. The number of rotatable bonds is 3. The molecule has 0 saturated heterocycles. The number of aromatic nitrogens is 1. The minimum Gasteiger partial charge on any atom is -0.361 e. The first-order chi connectivity index (χ1) is 7.29. The molecule has 0 unspecified atom stereocenters. The molecule has 1 aromatic carbocycles. The molecule has 4 heteroatoms. The molecular formula is C11H11ClN2O. The largest absolute Gasteiger partial charge is 0.361 e. The van der Waals surface area contributed by atoms with Crippen molar-refractivity contribution in [1.29, 1.82) is 0 Å². The molecule has 78 valence electrons. The van der Waals surface area contributed by atoms with Crippen LogP contribution in [0.25, 0.3) is 0 Å². The normalized spacial score (nSPS) is 10.5. The monoisotopic (exact) mass is 222 g/mol. The summed E-state index contributed by atoms with van der Waals surface area (Å²) < 4.78 is 5.13. The number of hydrogen-bond donors (Lipinski definition) is 1. The lowest BCUT2D eigenvalue weighted by Gasteiger charge is -1.99. The molecule has 0 amide bonds. The van der Waals surface area contributed by atoms with Crippen molar-refractivity contribution in [3.05, 3.63) is 52.4 Å². The van der Waals surface area contributed by atoms with E-state index in [-0.39, 0.29) is 0 Å². The van der Waals surface area contributed by atoms with Gasteiger partial charge in [0.15, 0.2) is 0 Å². The Labute approximate surface area is 92.8 Å². The van der Waals surface area contributed by atoms with Gasteiger partial charge in [0, 0.05) is 24.1 Å². The first-order valence-corrected chi connectivity index (χ1v) is 5.05. The maximum atomic E-state index is 6.03. The third-order valence-electron chi connectivity index (χ3n) is 2.14. The van der Waals surface area contributed by atoms with Gasteiger partial charge in [0.2, 0.25) is 0 Å². The molecule has 2 rings (SSSR count). The average Bonchev–Trinajstić information content (AvgIpc) is 2.69. The minimum atomic E-state index is 0.395. The fraction of sp³-hybridized carbons (Fsp3) is 0.182. The van der Waals surface area contributed by atoms with Crippen LogP contribution in [-0.2, 0) is 13.0 Å². The standard InChI is InChI=1S/C11H11ClN2O/c12-11-4-2-1-3-8(11)5-10-6-9(7-13)14-15-10/h1-4,6H,5,7,13H2. The molecule has 15 heavy (non-hydrogen) atoms. The van der Waals surface area contributed by atoms with Crippen LogP contribution in [0.15, 0.2) is 34.9 Å². The predicted octanol–water partition coefficient (Wildman–Crippen LogP) is 2.38. The van der Waals surface area contributed by atoms with Crippen molar-refractivity contribution in [1.82, 2.24) is 5.16 Å². The minimum absolute atomic E-state index is 0.395. The van der Waals surface area contributed by atoms with Crippen molar-refractivity contribution in [3.63, 3.8) is 0 Å². The van der Waals surface area contributed by atoms with Crippen molar-refractivity contribution in [2.45, 2.75) is 13.0 Å². The molecular weight excluding hydrogens is 212 g/mol. The van der Waals surface area contributed by atoms with Crippen molar-refractivity contribution in [2.75, 3.05) is 0 Å². The van der Waals surface area contributed by atoms with Gasteiger partial charge < -0.3 is 10.3 Å². The highest BCUT2D eigenvalue weighted by molar-refractivity contribution is 6.31. The summed E-state index contributed by atoms with van der Waals surface area (Å²) in [6.07, 6.45) is 0.646. The summed E-state index contributed by atoms with van der Waals surface area (Å²) >= 11 is 6.03. The van der Waals surface area contributed by atoms with Gasteiger partial charge in [0.1, 0.15) is 5.76 Å². The first-order valence-electron chi connectivity index (χ1n) is 4.67. The van der Waals surface area contributed by atoms with Gasteiger partial charge in [0.05, 0.1) is 5.69 Å². The maximum absolute atomic E-state index is 6.03. The van der Waals surface area contributed by atoms with E-state index in [1.165, 1.54) is 0 Å². The lowest BCUT2D eigenvalue weighted by molar-refractivity contribution is 0.383. The molecule has 2 aromatic rings. The van der Waals surface area contributed by atoms with Gasteiger partial charge in [-0.25, -0.2) is 0 Å². The molecule has 0 saturated carbocycles. The zero-order valence-corrected chi connectivity index (χ0v) is 8.87. The summed E-state index contributed by atoms with van der Waals surface area (Å²) in [6.45, 7) is 0.395. The Morgan fingerprint density at radius 3 is 2.80 bits per heavy atom. The Kier molecular flexibility index (Phi) is 3.04. The van der Waals surface area contributed by atoms with E-state index < -0.39 is 0 Å². The van der Waals surface area contributed by atoms with Gasteiger partial charge in [-0.3, -0.25) is 0 Å². The number of nitrogens with two attached hydrogens (primary N) is 1. The molecule has 0 bridgehead atoms. The second kappa shape index (κ2) is 4.47. The van der Waals surface area contributed by atoms with Crippen LogP contribution < -0.4 is 5.73 Å². The van der Waals surface area contributed by atoms with Crippen LogP contribution in [0.1, 0.15) is 17.0 Å². The van der Waals surface area contributed by atoms with E-state index in [0.29, 0.717) is 13.0 Å². The molecule has 0 fully saturated rings. The molecule has 0 radical (unpaired) electrons. The Hall–Kier alpha value is -1.32. The fourth-order valence-electron chi connectivity index (χ4n) is 1.36. The van der Waals surface area contributed by atoms with E-state index in [4.69, 9.17) is 21.9 Å². The second-order valence-electron chi connectivity index (χ2n) is 3.26. The van der Waals surface area contributed by atoms with Crippen molar-refractivity contribution >= 4 is 11.6 Å². The quantitative estimate of drug-likeness (QED) is 0.868. The molecule has 3 nitrogen and oxygen atoms in total. The van der Waals surface area contributed by atoms with Gasteiger partial charge in [-0.1, -0.05) is 35.0 Å².